The molecule has 2 rings (SSSR count). The summed E-state index contributed by atoms with van der Waals surface area (Å²) in [6.45, 7) is 1.84. The van der Waals surface area contributed by atoms with Gasteiger partial charge in [-0.2, -0.15) is 4.37 Å². The Labute approximate surface area is 128 Å². The summed E-state index contributed by atoms with van der Waals surface area (Å²) in [5.41, 5.74) is 1.39. The fourth-order valence-corrected chi connectivity index (χ4v) is 3.51. The van der Waals surface area contributed by atoms with Gasteiger partial charge in [-0.15, -0.1) is 0 Å². The van der Waals surface area contributed by atoms with Gasteiger partial charge in [0.15, 0.2) is 0 Å². The van der Waals surface area contributed by atoms with Crippen molar-refractivity contribution in [1.82, 2.24) is 15.0 Å². The molecule has 1 heterocycles. The second-order valence-corrected chi connectivity index (χ2v) is 6.13. The molecule has 7 heteroatoms. The van der Waals surface area contributed by atoms with Crippen LogP contribution in [-0.4, -0.2) is 36.3 Å². The van der Waals surface area contributed by atoms with Gasteiger partial charge in [-0.3, -0.25) is 9.59 Å². The van der Waals surface area contributed by atoms with Gasteiger partial charge in [0.1, 0.15) is 5.00 Å². The van der Waals surface area contributed by atoms with E-state index in [2.05, 4.69) is 20.3 Å². The molecule has 3 N–H and O–H groups in total. The summed E-state index contributed by atoms with van der Waals surface area (Å²) < 4.78 is 4.21. The van der Waals surface area contributed by atoms with Gasteiger partial charge in [0.05, 0.1) is 11.3 Å². The largest absolute Gasteiger partial charge is 0.378 e. The molecule has 0 spiro atoms. The predicted octanol–water partition coefficient (Wildman–Crippen LogP) is 1.53. The van der Waals surface area contributed by atoms with E-state index in [4.69, 9.17) is 0 Å². The van der Waals surface area contributed by atoms with Crippen LogP contribution >= 0.6 is 11.5 Å². The first-order valence-electron chi connectivity index (χ1n) is 7.23. The number of nitrogens with zero attached hydrogens (tertiary/aromatic N) is 1. The minimum Gasteiger partial charge on any atom is -0.378 e. The number of nitrogens with one attached hydrogen (secondary N) is 3. The van der Waals surface area contributed by atoms with E-state index < -0.39 is 0 Å². The first kappa shape index (κ1) is 15.8. The minimum atomic E-state index is -0.0750. The number of hydrogen-bond acceptors (Lipinski definition) is 5. The molecule has 0 radical (unpaired) electrons. The molecule has 0 unspecified atom stereocenters. The summed E-state index contributed by atoms with van der Waals surface area (Å²) in [5.74, 6) is 0.115. The molecule has 0 saturated heterocycles. The van der Waals surface area contributed by atoms with Gasteiger partial charge in [-0.25, -0.2) is 0 Å². The third-order valence-corrected chi connectivity index (χ3v) is 4.95. The highest BCUT2D eigenvalue weighted by Gasteiger charge is 2.27. The van der Waals surface area contributed by atoms with E-state index in [0.29, 0.717) is 5.56 Å². The number of aromatic nitrogens is 1. The van der Waals surface area contributed by atoms with Crippen LogP contribution in [0, 0.1) is 12.8 Å². The molecule has 0 aliphatic heterocycles. The van der Waals surface area contributed by atoms with Crippen LogP contribution in [-0.2, 0) is 4.79 Å². The third kappa shape index (κ3) is 3.53. The van der Waals surface area contributed by atoms with E-state index in [0.717, 1.165) is 36.4 Å². The Morgan fingerprint density at radius 3 is 2.43 bits per heavy atom. The molecule has 6 nitrogen and oxygen atoms in total. The summed E-state index contributed by atoms with van der Waals surface area (Å²) >= 11 is 1.30. The summed E-state index contributed by atoms with van der Waals surface area (Å²) in [7, 11) is 3.46. The van der Waals surface area contributed by atoms with E-state index in [1.54, 1.807) is 14.1 Å². The summed E-state index contributed by atoms with van der Waals surface area (Å²) in [5, 5.41) is 9.57. The van der Waals surface area contributed by atoms with Gasteiger partial charge in [-0.1, -0.05) is 0 Å². The topological polar surface area (TPSA) is 83.1 Å². The fraction of sp³-hybridized carbons (Fsp3) is 0.643. The monoisotopic (exact) mass is 310 g/mol. The third-order valence-electron chi connectivity index (χ3n) is 4.00. The molecule has 0 atom stereocenters. The molecule has 1 saturated carbocycles. The maximum Gasteiger partial charge on any atom is 0.256 e. The standard InChI is InChI=1S/C14H22N4O2S/c1-8-11(14(16-3)21-18-8)13(20)17-10-6-4-9(5-7-10)12(19)15-2/h9-10,16H,4-7H2,1-3H3,(H,15,19)(H,17,20). The molecule has 21 heavy (non-hydrogen) atoms. The lowest BCUT2D eigenvalue weighted by molar-refractivity contribution is -0.125. The van der Waals surface area contributed by atoms with Crippen LogP contribution in [0.2, 0.25) is 0 Å². The molecule has 116 valence electrons. The number of rotatable bonds is 4. The number of carbonyl (C=O) groups is 2. The van der Waals surface area contributed by atoms with E-state index >= 15 is 0 Å². The van der Waals surface area contributed by atoms with Crippen molar-refractivity contribution in [2.75, 3.05) is 19.4 Å². The average Bonchev–Trinajstić information content (AvgIpc) is 2.88. The molecule has 1 aromatic heterocycles. The Kier molecular flexibility index (Phi) is 5.17. The average molecular weight is 310 g/mol. The van der Waals surface area contributed by atoms with Crippen molar-refractivity contribution in [2.24, 2.45) is 5.92 Å². The number of aryl methyl sites for hydroxylation is 1. The van der Waals surface area contributed by atoms with Crippen LogP contribution in [0.1, 0.15) is 41.7 Å². The smallest absolute Gasteiger partial charge is 0.256 e. The molecule has 1 fully saturated rings. The van der Waals surface area contributed by atoms with Crippen LogP contribution < -0.4 is 16.0 Å². The zero-order valence-corrected chi connectivity index (χ0v) is 13.5. The zero-order valence-electron chi connectivity index (χ0n) is 12.7. The second kappa shape index (κ2) is 6.89. The Morgan fingerprint density at radius 1 is 1.19 bits per heavy atom. The Balaban J connectivity index is 1.93. The summed E-state index contributed by atoms with van der Waals surface area (Å²) in [6, 6.07) is 0.141. The number of hydrogen-bond donors (Lipinski definition) is 3. The van der Waals surface area contributed by atoms with Gasteiger partial charge in [0.25, 0.3) is 5.91 Å². The quantitative estimate of drug-likeness (QED) is 0.787. The lowest BCUT2D eigenvalue weighted by Gasteiger charge is -2.28. The lowest BCUT2D eigenvalue weighted by Crippen LogP contribution is -2.40. The highest BCUT2D eigenvalue weighted by atomic mass is 32.1. The van der Waals surface area contributed by atoms with Crippen molar-refractivity contribution >= 4 is 28.3 Å². The normalized spacial score (nSPS) is 21.7. The van der Waals surface area contributed by atoms with Gasteiger partial charge >= 0.3 is 0 Å². The molecule has 1 aliphatic rings. The molecule has 0 bridgehead atoms. The first-order valence-corrected chi connectivity index (χ1v) is 8.00. The molecule has 0 aromatic carbocycles. The van der Waals surface area contributed by atoms with E-state index in [-0.39, 0.29) is 23.8 Å². The van der Waals surface area contributed by atoms with Crippen LogP contribution in [0.5, 0.6) is 0 Å². The second-order valence-electron chi connectivity index (χ2n) is 5.36. The van der Waals surface area contributed by atoms with Gasteiger partial charge in [0, 0.05) is 26.1 Å². The molecule has 1 aliphatic carbocycles. The maximum absolute atomic E-state index is 12.4. The van der Waals surface area contributed by atoms with Crippen molar-refractivity contribution in [1.29, 1.82) is 0 Å². The van der Waals surface area contributed by atoms with Crippen molar-refractivity contribution in [3.63, 3.8) is 0 Å². The van der Waals surface area contributed by atoms with Crippen LogP contribution in [0.3, 0.4) is 0 Å². The number of amides is 2. The lowest BCUT2D eigenvalue weighted by atomic mass is 9.85. The van der Waals surface area contributed by atoms with E-state index in [9.17, 15) is 9.59 Å². The Bertz CT molecular complexity index is 521. The Morgan fingerprint density at radius 2 is 1.86 bits per heavy atom. The van der Waals surface area contributed by atoms with Crippen molar-refractivity contribution in [3.05, 3.63) is 11.3 Å². The molecular weight excluding hydrogens is 288 g/mol. The summed E-state index contributed by atoms with van der Waals surface area (Å²) in [6.07, 6.45) is 3.33. The molecule has 2 amide bonds. The zero-order chi connectivity index (χ0) is 15.4. The van der Waals surface area contributed by atoms with Gasteiger partial charge in [0.2, 0.25) is 5.91 Å². The van der Waals surface area contributed by atoms with Crippen LogP contribution in [0.25, 0.3) is 0 Å². The van der Waals surface area contributed by atoms with Crippen molar-refractivity contribution in [2.45, 2.75) is 38.6 Å². The van der Waals surface area contributed by atoms with Crippen LogP contribution in [0.4, 0.5) is 5.00 Å². The van der Waals surface area contributed by atoms with Crippen LogP contribution in [0.15, 0.2) is 0 Å². The minimum absolute atomic E-state index is 0.0750. The predicted molar refractivity (Wildman–Crippen MR) is 83.7 cm³/mol. The fourth-order valence-electron chi connectivity index (χ4n) is 2.77. The number of anilines is 1. The maximum atomic E-state index is 12.4. The van der Waals surface area contributed by atoms with E-state index in [1.807, 2.05) is 6.92 Å². The van der Waals surface area contributed by atoms with E-state index in [1.165, 1.54) is 11.5 Å². The highest BCUT2D eigenvalue weighted by molar-refractivity contribution is 7.10. The first-order chi connectivity index (χ1) is 10.1. The highest BCUT2D eigenvalue weighted by Crippen LogP contribution is 2.27. The number of carbonyl (C=O) groups excluding carboxylic acids is 2. The van der Waals surface area contributed by atoms with Crippen molar-refractivity contribution < 1.29 is 9.59 Å². The van der Waals surface area contributed by atoms with Crippen molar-refractivity contribution in [3.8, 4) is 0 Å². The van der Waals surface area contributed by atoms with Gasteiger partial charge in [-0.05, 0) is 44.1 Å². The Hall–Kier alpha value is -1.63. The summed E-state index contributed by atoms with van der Waals surface area (Å²) in [4.78, 5) is 24.0. The molecule has 1 aromatic rings. The molecular formula is C14H22N4O2S. The van der Waals surface area contributed by atoms with Gasteiger partial charge < -0.3 is 16.0 Å². The SMILES string of the molecule is CNC(=O)C1CCC(NC(=O)c2c(C)nsc2NC)CC1.